The lowest BCUT2D eigenvalue weighted by atomic mass is 10.0. The van der Waals surface area contributed by atoms with E-state index >= 15 is 0 Å². The van der Waals surface area contributed by atoms with Gasteiger partial charge in [-0.2, -0.15) is 0 Å². The predicted molar refractivity (Wildman–Crippen MR) is 54.0 cm³/mol. The molecule has 0 bridgehead atoms. The third-order valence-corrected chi connectivity index (χ3v) is 2.17. The summed E-state index contributed by atoms with van der Waals surface area (Å²) in [5.41, 5.74) is 0. The van der Waals surface area contributed by atoms with Crippen molar-refractivity contribution in [1.29, 1.82) is 0 Å². The lowest BCUT2D eigenvalue weighted by Gasteiger charge is -2.13. The summed E-state index contributed by atoms with van der Waals surface area (Å²) in [4.78, 5) is 0. The third-order valence-electron chi connectivity index (χ3n) is 2.17. The molecule has 0 amide bonds. The number of nitrogens with one attached hydrogen (secondary N) is 1. The van der Waals surface area contributed by atoms with E-state index in [-0.39, 0.29) is 0 Å². The quantitative estimate of drug-likeness (QED) is 0.673. The molecule has 1 rings (SSSR count). The van der Waals surface area contributed by atoms with Gasteiger partial charge in [-0.1, -0.05) is 36.5 Å². The van der Waals surface area contributed by atoms with E-state index in [1.54, 1.807) is 0 Å². The molecule has 0 radical (unpaired) electrons. The fourth-order valence-electron chi connectivity index (χ4n) is 1.29. The van der Waals surface area contributed by atoms with Crippen molar-refractivity contribution in [3.05, 3.63) is 36.5 Å². The monoisotopic (exact) mass is 163 g/mol. The molecule has 0 aromatic heterocycles. The molecule has 0 saturated carbocycles. The maximum absolute atomic E-state index is 3.24. The number of hydrogen-bond donors (Lipinski definition) is 1. The SMILES string of the molecule is CNC(C)CC1C=CC=CC=C1. The van der Waals surface area contributed by atoms with Gasteiger partial charge in [0.05, 0.1) is 0 Å². The topological polar surface area (TPSA) is 12.0 Å². The largest absolute Gasteiger partial charge is 0.317 e. The van der Waals surface area contributed by atoms with Gasteiger partial charge in [0.25, 0.3) is 0 Å². The molecule has 0 aromatic rings. The van der Waals surface area contributed by atoms with Crippen LogP contribution in [0.2, 0.25) is 0 Å². The highest BCUT2D eigenvalue weighted by Gasteiger charge is 2.05. The Labute approximate surface area is 74.9 Å². The molecule has 1 aliphatic carbocycles. The molecule has 66 valence electrons. The van der Waals surface area contributed by atoms with E-state index in [1.165, 1.54) is 6.42 Å². The molecule has 1 heteroatoms. The number of rotatable bonds is 3. The van der Waals surface area contributed by atoms with E-state index in [0.717, 1.165) is 0 Å². The van der Waals surface area contributed by atoms with Crippen LogP contribution in [0.1, 0.15) is 13.3 Å². The van der Waals surface area contributed by atoms with Crippen molar-refractivity contribution in [2.24, 2.45) is 5.92 Å². The Morgan fingerprint density at radius 3 is 2.25 bits per heavy atom. The lowest BCUT2D eigenvalue weighted by molar-refractivity contribution is 0.523. The Bertz CT molecular complexity index is 185. The summed E-state index contributed by atoms with van der Waals surface area (Å²) >= 11 is 0. The predicted octanol–water partition coefficient (Wildman–Crippen LogP) is 2.28. The second-order valence-electron chi connectivity index (χ2n) is 3.24. The second-order valence-corrected chi connectivity index (χ2v) is 3.24. The van der Waals surface area contributed by atoms with Crippen molar-refractivity contribution in [1.82, 2.24) is 5.32 Å². The average molecular weight is 163 g/mol. The molecule has 1 atom stereocenters. The van der Waals surface area contributed by atoms with Gasteiger partial charge in [0.2, 0.25) is 0 Å². The van der Waals surface area contributed by atoms with Crippen LogP contribution in [-0.2, 0) is 0 Å². The lowest BCUT2D eigenvalue weighted by Crippen LogP contribution is -2.23. The summed E-state index contributed by atoms with van der Waals surface area (Å²) in [5.74, 6) is 0.586. The molecule has 0 spiro atoms. The van der Waals surface area contributed by atoms with Crippen LogP contribution in [0.15, 0.2) is 36.5 Å². The standard InChI is InChI=1S/C11H17N/c1-10(12-2)9-11-7-5-3-4-6-8-11/h3-8,10-12H,9H2,1-2H3. The van der Waals surface area contributed by atoms with E-state index in [1.807, 2.05) is 7.05 Å². The molecule has 0 aliphatic heterocycles. The van der Waals surface area contributed by atoms with Crippen LogP contribution >= 0.6 is 0 Å². The minimum atomic E-state index is 0.586. The van der Waals surface area contributed by atoms with E-state index in [4.69, 9.17) is 0 Å². The molecule has 1 N–H and O–H groups in total. The van der Waals surface area contributed by atoms with Gasteiger partial charge in [-0.3, -0.25) is 0 Å². The van der Waals surface area contributed by atoms with Crippen LogP contribution in [0.3, 0.4) is 0 Å². The van der Waals surface area contributed by atoms with Crippen molar-refractivity contribution < 1.29 is 0 Å². The van der Waals surface area contributed by atoms with Crippen LogP contribution in [0.25, 0.3) is 0 Å². The van der Waals surface area contributed by atoms with Gasteiger partial charge >= 0.3 is 0 Å². The summed E-state index contributed by atoms with van der Waals surface area (Å²) in [5, 5.41) is 3.24. The first-order valence-electron chi connectivity index (χ1n) is 4.52. The van der Waals surface area contributed by atoms with Crippen molar-refractivity contribution in [3.63, 3.8) is 0 Å². The molecule has 12 heavy (non-hydrogen) atoms. The number of hydrogen-bond acceptors (Lipinski definition) is 1. The average Bonchev–Trinajstić information content (AvgIpc) is 2.33. The molecule has 0 aromatic carbocycles. The molecule has 0 fully saturated rings. The van der Waals surface area contributed by atoms with Gasteiger partial charge in [-0.15, -0.1) is 0 Å². The summed E-state index contributed by atoms with van der Waals surface area (Å²) in [6, 6.07) is 0.586. The smallest absolute Gasteiger partial charge is 0.00443 e. The van der Waals surface area contributed by atoms with E-state index in [9.17, 15) is 0 Å². The van der Waals surface area contributed by atoms with Crippen LogP contribution in [0, 0.1) is 5.92 Å². The molecule has 0 heterocycles. The first-order chi connectivity index (χ1) is 5.83. The van der Waals surface area contributed by atoms with E-state index < -0.39 is 0 Å². The van der Waals surface area contributed by atoms with Crippen LogP contribution < -0.4 is 5.32 Å². The fraction of sp³-hybridized carbons (Fsp3) is 0.455. The Kier molecular flexibility index (Phi) is 3.81. The zero-order valence-corrected chi connectivity index (χ0v) is 7.83. The van der Waals surface area contributed by atoms with Gasteiger partial charge in [-0.25, -0.2) is 0 Å². The molecule has 1 unspecified atom stereocenters. The molecular weight excluding hydrogens is 146 g/mol. The highest BCUT2D eigenvalue weighted by Crippen LogP contribution is 2.12. The highest BCUT2D eigenvalue weighted by atomic mass is 14.8. The first-order valence-corrected chi connectivity index (χ1v) is 4.52. The normalized spacial score (nSPS) is 19.5. The van der Waals surface area contributed by atoms with Crippen molar-refractivity contribution in [2.75, 3.05) is 7.05 Å². The molecule has 1 nitrogen and oxygen atoms in total. The summed E-state index contributed by atoms with van der Waals surface area (Å²) in [6.45, 7) is 2.21. The Morgan fingerprint density at radius 1 is 1.17 bits per heavy atom. The zero-order chi connectivity index (χ0) is 8.81. The van der Waals surface area contributed by atoms with Crippen LogP contribution in [0.4, 0.5) is 0 Å². The van der Waals surface area contributed by atoms with Crippen molar-refractivity contribution in [2.45, 2.75) is 19.4 Å². The highest BCUT2D eigenvalue weighted by molar-refractivity contribution is 5.19. The Morgan fingerprint density at radius 2 is 1.75 bits per heavy atom. The van der Waals surface area contributed by atoms with Gasteiger partial charge in [0.15, 0.2) is 0 Å². The van der Waals surface area contributed by atoms with Crippen molar-refractivity contribution >= 4 is 0 Å². The fourth-order valence-corrected chi connectivity index (χ4v) is 1.29. The van der Waals surface area contributed by atoms with E-state index in [2.05, 4.69) is 48.7 Å². The Hall–Kier alpha value is -0.820. The zero-order valence-electron chi connectivity index (χ0n) is 7.83. The van der Waals surface area contributed by atoms with E-state index in [0.29, 0.717) is 12.0 Å². The summed E-state index contributed by atoms with van der Waals surface area (Å²) in [7, 11) is 2.01. The van der Waals surface area contributed by atoms with Gasteiger partial charge in [0, 0.05) is 6.04 Å². The second kappa shape index (κ2) is 4.94. The van der Waals surface area contributed by atoms with Gasteiger partial charge in [-0.05, 0) is 26.3 Å². The van der Waals surface area contributed by atoms with Gasteiger partial charge in [0.1, 0.15) is 0 Å². The maximum atomic E-state index is 3.24. The summed E-state index contributed by atoms with van der Waals surface area (Å²) < 4.78 is 0. The van der Waals surface area contributed by atoms with Gasteiger partial charge < -0.3 is 5.32 Å². The molecular formula is C11H17N. The van der Waals surface area contributed by atoms with Crippen LogP contribution in [-0.4, -0.2) is 13.1 Å². The van der Waals surface area contributed by atoms with Crippen LogP contribution in [0.5, 0.6) is 0 Å². The third kappa shape index (κ3) is 3.05. The molecule has 1 aliphatic rings. The first kappa shape index (κ1) is 9.27. The number of allylic oxidation sites excluding steroid dienone is 6. The summed E-state index contributed by atoms with van der Waals surface area (Å²) in [6.07, 6.45) is 14.0. The molecule has 0 saturated heterocycles. The maximum Gasteiger partial charge on any atom is 0.00443 e. The van der Waals surface area contributed by atoms with Crippen molar-refractivity contribution in [3.8, 4) is 0 Å². The minimum Gasteiger partial charge on any atom is -0.317 e. The minimum absolute atomic E-state index is 0.586. The Balaban J connectivity index is 2.42.